The van der Waals surface area contributed by atoms with E-state index in [1.165, 1.54) is 18.4 Å². The van der Waals surface area contributed by atoms with E-state index in [9.17, 15) is 0 Å². The van der Waals surface area contributed by atoms with Crippen molar-refractivity contribution in [3.8, 4) is 0 Å². The first kappa shape index (κ1) is 12.9. The third-order valence-corrected chi connectivity index (χ3v) is 3.29. The lowest BCUT2D eigenvalue weighted by atomic mass is 10.2. The Morgan fingerprint density at radius 3 is 2.94 bits per heavy atom. The minimum absolute atomic E-state index is 0.307. The summed E-state index contributed by atoms with van der Waals surface area (Å²) in [5.41, 5.74) is 6.77. The fourth-order valence-corrected chi connectivity index (χ4v) is 2.10. The molecule has 0 unspecified atom stereocenters. The predicted octanol–water partition coefficient (Wildman–Crippen LogP) is 0.563. The molecule has 6 nitrogen and oxygen atoms in total. The molecule has 0 aliphatic heterocycles. The zero-order valence-corrected chi connectivity index (χ0v) is 10.8. The molecule has 1 saturated carbocycles. The average Bonchev–Trinajstić information content (AvgIpc) is 3.12. The number of amidine groups is 1. The van der Waals surface area contributed by atoms with E-state index < -0.39 is 0 Å². The summed E-state index contributed by atoms with van der Waals surface area (Å²) in [5, 5.41) is 15.7. The van der Waals surface area contributed by atoms with Gasteiger partial charge in [0.1, 0.15) is 5.84 Å². The lowest BCUT2D eigenvalue weighted by Gasteiger charge is -2.21. The smallest absolute Gasteiger partial charge is 0.140 e. The predicted molar refractivity (Wildman–Crippen MR) is 69.5 cm³/mol. The van der Waals surface area contributed by atoms with Gasteiger partial charge in [0, 0.05) is 38.8 Å². The van der Waals surface area contributed by atoms with Crippen molar-refractivity contribution in [2.75, 3.05) is 13.1 Å². The third kappa shape index (κ3) is 3.73. The first-order valence-corrected chi connectivity index (χ1v) is 6.37. The normalized spacial score (nSPS) is 16.4. The maximum Gasteiger partial charge on any atom is 0.140 e. The van der Waals surface area contributed by atoms with E-state index >= 15 is 0 Å². The van der Waals surface area contributed by atoms with Crippen LogP contribution in [-0.2, 0) is 13.5 Å². The molecule has 1 aliphatic rings. The van der Waals surface area contributed by atoms with Gasteiger partial charge in [-0.2, -0.15) is 5.10 Å². The summed E-state index contributed by atoms with van der Waals surface area (Å²) in [6.45, 7) is 1.87. The van der Waals surface area contributed by atoms with E-state index in [1.54, 1.807) is 0 Å². The Bertz CT molecular complexity index is 410. The molecular formula is C12H21N5O. The van der Waals surface area contributed by atoms with Gasteiger partial charge in [-0.25, -0.2) is 0 Å². The van der Waals surface area contributed by atoms with Crippen molar-refractivity contribution in [3.63, 3.8) is 0 Å². The summed E-state index contributed by atoms with van der Waals surface area (Å²) in [6, 6.07) is 0.688. The highest BCUT2D eigenvalue weighted by atomic mass is 16.4. The van der Waals surface area contributed by atoms with E-state index in [-0.39, 0.29) is 0 Å². The zero-order valence-electron chi connectivity index (χ0n) is 10.8. The molecule has 0 saturated heterocycles. The Morgan fingerprint density at radius 1 is 1.61 bits per heavy atom. The molecule has 0 aromatic carbocycles. The van der Waals surface area contributed by atoms with Crippen LogP contribution in [0.1, 0.15) is 24.8 Å². The van der Waals surface area contributed by atoms with Crippen LogP contribution in [0.15, 0.2) is 17.5 Å². The number of hydrogen-bond donors (Lipinski definition) is 2. The van der Waals surface area contributed by atoms with Crippen molar-refractivity contribution in [2.24, 2.45) is 17.9 Å². The van der Waals surface area contributed by atoms with Gasteiger partial charge in [0.2, 0.25) is 0 Å². The van der Waals surface area contributed by atoms with Crippen molar-refractivity contribution >= 4 is 5.84 Å². The van der Waals surface area contributed by atoms with Gasteiger partial charge in [0.05, 0.1) is 6.20 Å². The van der Waals surface area contributed by atoms with Crippen LogP contribution >= 0.6 is 0 Å². The molecule has 3 N–H and O–H groups in total. The summed E-state index contributed by atoms with van der Waals surface area (Å²) in [7, 11) is 1.93. The van der Waals surface area contributed by atoms with Crippen LogP contribution < -0.4 is 5.73 Å². The van der Waals surface area contributed by atoms with Crippen LogP contribution in [0.5, 0.6) is 0 Å². The summed E-state index contributed by atoms with van der Waals surface area (Å²) in [4.78, 5) is 2.42. The summed E-state index contributed by atoms with van der Waals surface area (Å²) < 4.78 is 1.83. The Labute approximate surface area is 107 Å². The van der Waals surface area contributed by atoms with Crippen LogP contribution in [0.3, 0.4) is 0 Å². The number of oxime groups is 1. The highest BCUT2D eigenvalue weighted by Gasteiger charge is 2.28. The quantitative estimate of drug-likeness (QED) is 0.321. The maximum atomic E-state index is 8.55. The number of nitrogens with two attached hydrogens (primary N) is 1. The standard InChI is InChI=1S/C12H21N5O/c1-16-9-10(8-14-16)4-6-17(11-2-3-11)7-5-12(13)15-18/h8-9,11,18H,2-7H2,1H3,(H2,13,15). The lowest BCUT2D eigenvalue weighted by Crippen LogP contribution is -2.32. The van der Waals surface area contributed by atoms with Crippen LogP contribution in [-0.4, -0.2) is 44.9 Å². The number of aryl methyl sites for hydroxylation is 1. The number of nitrogens with zero attached hydrogens (tertiary/aromatic N) is 4. The molecule has 1 aliphatic carbocycles. The Hall–Kier alpha value is -1.56. The molecule has 0 radical (unpaired) electrons. The molecule has 1 aromatic heterocycles. The first-order chi connectivity index (χ1) is 8.69. The second-order valence-corrected chi connectivity index (χ2v) is 4.88. The molecule has 0 spiro atoms. The van der Waals surface area contributed by atoms with Gasteiger partial charge in [-0.05, 0) is 24.8 Å². The monoisotopic (exact) mass is 251 g/mol. The van der Waals surface area contributed by atoms with Crippen molar-refractivity contribution in [3.05, 3.63) is 18.0 Å². The number of rotatable bonds is 7. The minimum atomic E-state index is 0.307. The van der Waals surface area contributed by atoms with Crippen LogP contribution in [0.2, 0.25) is 0 Å². The largest absolute Gasteiger partial charge is 0.409 e. The van der Waals surface area contributed by atoms with Crippen molar-refractivity contribution in [2.45, 2.75) is 31.7 Å². The minimum Gasteiger partial charge on any atom is -0.409 e. The first-order valence-electron chi connectivity index (χ1n) is 6.37. The van der Waals surface area contributed by atoms with E-state index in [2.05, 4.69) is 21.4 Å². The Morgan fingerprint density at radius 2 is 2.39 bits per heavy atom. The molecule has 0 bridgehead atoms. The number of hydrogen-bond acceptors (Lipinski definition) is 4. The van der Waals surface area contributed by atoms with Gasteiger partial charge in [-0.15, -0.1) is 0 Å². The molecule has 6 heteroatoms. The summed E-state index contributed by atoms with van der Waals surface area (Å²) >= 11 is 0. The molecule has 0 atom stereocenters. The summed E-state index contributed by atoms with van der Waals surface area (Å²) in [6.07, 6.45) is 8.12. The maximum absolute atomic E-state index is 8.55. The fraction of sp³-hybridized carbons (Fsp3) is 0.667. The van der Waals surface area contributed by atoms with Crippen LogP contribution in [0.4, 0.5) is 0 Å². The van der Waals surface area contributed by atoms with Crippen LogP contribution in [0, 0.1) is 0 Å². The molecule has 100 valence electrons. The second kappa shape index (κ2) is 5.86. The van der Waals surface area contributed by atoms with Crippen LogP contribution in [0.25, 0.3) is 0 Å². The molecule has 2 rings (SSSR count). The topological polar surface area (TPSA) is 79.7 Å². The van der Waals surface area contributed by atoms with Gasteiger partial charge in [-0.3, -0.25) is 9.58 Å². The number of aromatic nitrogens is 2. The lowest BCUT2D eigenvalue weighted by molar-refractivity contribution is 0.271. The van der Waals surface area contributed by atoms with Crippen molar-refractivity contribution < 1.29 is 5.21 Å². The SMILES string of the molecule is Cn1cc(CCN(CC/C(N)=N/O)C2CC2)cn1. The molecule has 1 fully saturated rings. The zero-order chi connectivity index (χ0) is 13.0. The van der Waals surface area contributed by atoms with Crippen molar-refractivity contribution in [1.82, 2.24) is 14.7 Å². The fourth-order valence-electron chi connectivity index (χ4n) is 2.10. The molecular weight excluding hydrogens is 230 g/mol. The van der Waals surface area contributed by atoms with Gasteiger partial charge in [0.25, 0.3) is 0 Å². The van der Waals surface area contributed by atoms with Crippen molar-refractivity contribution in [1.29, 1.82) is 0 Å². The summed E-state index contributed by atoms with van der Waals surface area (Å²) in [5.74, 6) is 0.307. The van der Waals surface area contributed by atoms with E-state index in [0.717, 1.165) is 19.5 Å². The van der Waals surface area contributed by atoms with Gasteiger partial charge in [-0.1, -0.05) is 5.16 Å². The molecule has 1 heterocycles. The Kier molecular flexibility index (Phi) is 4.19. The highest BCUT2D eigenvalue weighted by Crippen LogP contribution is 2.27. The van der Waals surface area contributed by atoms with Gasteiger partial charge in [0.15, 0.2) is 0 Å². The molecule has 0 amide bonds. The third-order valence-electron chi connectivity index (χ3n) is 3.29. The van der Waals surface area contributed by atoms with Gasteiger partial charge >= 0.3 is 0 Å². The molecule has 18 heavy (non-hydrogen) atoms. The average molecular weight is 251 g/mol. The molecule has 1 aromatic rings. The Balaban J connectivity index is 1.79. The van der Waals surface area contributed by atoms with E-state index in [1.807, 2.05) is 17.9 Å². The highest BCUT2D eigenvalue weighted by molar-refractivity contribution is 5.79. The van der Waals surface area contributed by atoms with Gasteiger partial charge < -0.3 is 10.9 Å². The van der Waals surface area contributed by atoms with E-state index in [4.69, 9.17) is 10.9 Å². The van der Waals surface area contributed by atoms with E-state index in [0.29, 0.717) is 18.3 Å². The second-order valence-electron chi connectivity index (χ2n) is 4.88.